The standard InChI is InChI=1S/C6H8N4/c1-3-5(7)6(8)4(2)10-9-3/h7-8H,1-2H3. The number of hydrogen-bond acceptors (Lipinski definition) is 4. The van der Waals surface area contributed by atoms with Crippen LogP contribution in [0.3, 0.4) is 0 Å². The van der Waals surface area contributed by atoms with Crippen LogP contribution in [-0.2, 0) is 0 Å². The molecule has 0 bridgehead atoms. The summed E-state index contributed by atoms with van der Waals surface area (Å²) in [6, 6.07) is 0. The van der Waals surface area contributed by atoms with Gasteiger partial charge in [0, 0.05) is 0 Å². The molecule has 0 spiro atoms. The fourth-order valence-electron chi connectivity index (χ4n) is 0.612. The topological polar surface area (TPSA) is 72.4 Å². The van der Waals surface area contributed by atoms with Crippen molar-refractivity contribution in [1.29, 1.82) is 10.8 Å². The van der Waals surface area contributed by atoms with Gasteiger partial charge >= 0.3 is 0 Å². The first-order valence-corrected chi connectivity index (χ1v) is 2.90. The Hall–Kier alpha value is -1.32. The Morgan fingerprint density at radius 1 is 0.900 bits per heavy atom. The maximum Gasteiger partial charge on any atom is 0.104 e. The van der Waals surface area contributed by atoms with E-state index in [4.69, 9.17) is 10.8 Å². The zero-order valence-electron chi connectivity index (χ0n) is 5.89. The minimum atomic E-state index is 0.174. The predicted octanol–water partition coefficient (Wildman–Crippen LogP) is 0.876. The largest absolute Gasteiger partial charge is 0.297 e. The second-order valence-corrected chi connectivity index (χ2v) is 2.12. The number of nitrogens with one attached hydrogen (secondary N) is 2. The molecule has 0 saturated carbocycles. The molecule has 0 atom stereocenters. The van der Waals surface area contributed by atoms with Crippen LogP contribution in [0.4, 0.5) is 0 Å². The molecular weight excluding hydrogens is 128 g/mol. The summed E-state index contributed by atoms with van der Waals surface area (Å²) < 4.78 is 0. The normalized spacial score (nSPS) is 18.6. The van der Waals surface area contributed by atoms with E-state index < -0.39 is 0 Å². The van der Waals surface area contributed by atoms with Gasteiger partial charge in [0.25, 0.3) is 0 Å². The number of nitrogens with zero attached hydrogens (tertiary/aromatic N) is 2. The van der Waals surface area contributed by atoms with Crippen LogP contribution in [0.2, 0.25) is 0 Å². The third kappa shape index (κ3) is 0.877. The van der Waals surface area contributed by atoms with E-state index in [2.05, 4.69) is 10.2 Å². The molecule has 4 nitrogen and oxygen atoms in total. The van der Waals surface area contributed by atoms with Gasteiger partial charge in [-0.1, -0.05) is 0 Å². The Bertz CT molecular complexity index is 223. The average molecular weight is 136 g/mol. The van der Waals surface area contributed by atoms with E-state index in [9.17, 15) is 0 Å². The summed E-state index contributed by atoms with van der Waals surface area (Å²) in [6.07, 6.45) is 0. The molecular formula is C6H8N4. The molecule has 1 aliphatic heterocycles. The van der Waals surface area contributed by atoms with E-state index in [0.717, 1.165) is 0 Å². The highest BCUT2D eigenvalue weighted by atomic mass is 15.2. The molecule has 52 valence electrons. The number of hydrogen-bond donors (Lipinski definition) is 2. The van der Waals surface area contributed by atoms with Gasteiger partial charge in [0.15, 0.2) is 0 Å². The molecule has 0 saturated heterocycles. The maximum atomic E-state index is 7.29. The zero-order valence-corrected chi connectivity index (χ0v) is 5.89. The molecule has 2 N–H and O–H groups in total. The third-order valence-corrected chi connectivity index (χ3v) is 1.32. The maximum absolute atomic E-state index is 7.29. The average Bonchev–Trinajstić information content (AvgIpc) is 1.93. The molecule has 0 amide bonds. The predicted molar refractivity (Wildman–Crippen MR) is 41.7 cm³/mol. The molecule has 0 radical (unpaired) electrons. The summed E-state index contributed by atoms with van der Waals surface area (Å²) in [5.41, 5.74) is 1.37. The molecule has 1 rings (SSSR count). The molecule has 0 fully saturated rings. The van der Waals surface area contributed by atoms with Gasteiger partial charge in [-0.05, 0) is 13.8 Å². The van der Waals surface area contributed by atoms with Crippen molar-refractivity contribution in [3.63, 3.8) is 0 Å². The van der Waals surface area contributed by atoms with Gasteiger partial charge in [0.2, 0.25) is 0 Å². The Labute approximate surface area is 58.7 Å². The van der Waals surface area contributed by atoms with Gasteiger partial charge in [-0.2, -0.15) is 10.2 Å². The van der Waals surface area contributed by atoms with Gasteiger partial charge in [0.05, 0.1) is 11.4 Å². The first kappa shape index (κ1) is 6.80. The van der Waals surface area contributed by atoms with Crippen molar-refractivity contribution in [2.75, 3.05) is 0 Å². The summed E-state index contributed by atoms with van der Waals surface area (Å²) in [5.74, 6) is 0. The second-order valence-electron chi connectivity index (χ2n) is 2.12. The lowest BCUT2D eigenvalue weighted by atomic mass is 10.1. The molecule has 0 aliphatic carbocycles. The molecule has 0 aromatic heterocycles. The Morgan fingerprint density at radius 2 is 1.20 bits per heavy atom. The van der Waals surface area contributed by atoms with Crippen LogP contribution in [0, 0.1) is 10.8 Å². The highest BCUT2D eigenvalue weighted by molar-refractivity contribution is 6.81. The van der Waals surface area contributed by atoms with E-state index in [-0.39, 0.29) is 11.4 Å². The van der Waals surface area contributed by atoms with Crippen LogP contribution in [-0.4, -0.2) is 22.8 Å². The minimum Gasteiger partial charge on any atom is -0.297 e. The fourth-order valence-corrected chi connectivity index (χ4v) is 0.612. The van der Waals surface area contributed by atoms with Gasteiger partial charge in [-0.15, -0.1) is 0 Å². The van der Waals surface area contributed by atoms with Gasteiger partial charge in [0.1, 0.15) is 11.4 Å². The summed E-state index contributed by atoms with van der Waals surface area (Å²) in [7, 11) is 0. The highest BCUT2D eigenvalue weighted by Crippen LogP contribution is 1.96. The fraction of sp³-hybridized carbons (Fsp3) is 0.333. The second kappa shape index (κ2) is 2.13. The lowest BCUT2D eigenvalue weighted by Gasteiger charge is -2.07. The Morgan fingerprint density at radius 3 is 1.50 bits per heavy atom. The molecule has 0 unspecified atom stereocenters. The van der Waals surface area contributed by atoms with Gasteiger partial charge < -0.3 is 0 Å². The summed E-state index contributed by atoms with van der Waals surface area (Å²) in [4.78, 5) is 0. The summed E-state index contributed by atoms with van der Waals surface area (Å²) in [5, 5.41) is 22.0. The molecule has 4 heteroatoms. The first-order valence-electron chi connectivity index (χ1n) is 2.90. The smallest absolute Gasteiger partial charge is 0.104 e. The van der Waals surface area contributed by atoms with E-state index >= 15 is 0 Å². The molecule has 1 heterocycles. The van der Waals surface area contributed by atoms with Gasteiger partial charge in [-0.25, -0.2) is 0 Å². The van der Waals surface area contributed by atoms with Crippen LogP contribution >= 0.6 is 0 Å². The highest BCUT2D eigenvalue weighted by Gasteiger charge is 2.15. The molecule has 0 aromatic rings. The minimum absolute atomic E-state index is 0.174. The Balaban J connectivity index is 3.09. The summed E-state index contributed by atoms with van der Waals surface area (Å²) in [6.45, 7) is 3.35. The number of rotatable bonds is 0. The van der Waals surface area contributed by atoms with E-state index in [0.29, 0.717) is 11.4 Å². The molecule has 10 heavy (non-hydrogen) atoms. The van der Waals surface area contributed by atoms with Crippen LogP contribution in [0.1, 0.15) is 13.8 Å². The lowest BCUT2D eigenvalue weighted by Crippen LogP contribution is -2.28. The van der Waals surface area contributed by atoms with Crippen LogP contribution in [0.25, 0.3) is 0 Å². The quantitative estimate of drug-likeness (QED) is 0.496. The van der Waals surface area contributed by atoms with Crippen molar-refractivity contribution in [1.82, 2.24) is 0 Å². The van der Waals surface area contributed by atoms with Crippen molar-refractivity contribution in [3.05, 3.63) is 0 Å². The van der Waals surface area contributed by atoms with Crippen molar-refractivity contribution in [2.24, 2.45) is 10.2 Å². The molecule has 1 aliphatic rings. The third-order valence-electron chi connectivity index (χ3n) is 1.32. The van der Waals surface area contributed by atoms with Crippen molar-refractivity contribution >= 4 is 22.8 Å². The van der Waals surface area contributed by atoms with E-state index in [1.165, 1.54) is 0 Å². The lowest BCUT2D eigenvalue weighted by molar-refractivity contribution is 1.23. The van der Waals surface area contributed by atoms with Crippen LogP contribution in [0.5, 0.6) is 0 Å². The van der Waals surface area contributed by atoms with Crippen molar-refractivity contribution in [2.45, 2.75) is 13.8 Å². The van der Waals surface area contributed by atoms with Crippen molar-refractivity contribution in [3.8, 4) is 0 Å². The van der Waals surface area contributed by atoms with E-state index in [1.54, 1.807) is 13.8 Å². The monoisotopic (exact) mass is 136 g/mol. The SMILES string of the molecule is CC1=NN=C(C)C(=N)C1=N. The first-order chi connectivity index (χ1) is 4.63. The van der Waals surface area contributed by atoms with Gasteiger partial charge in [-0.3, -0.25) is 10.8 Å². The zero-order chi connectivity index (χ0) is 7.72. The Kier molecular flexibility index (Phi) is 1.45. The van der Waals surface area contributed by atoms with Crippen LogP contribution < -0.4 is 0 Å². The summed E-state index contributed by atoms with van der Waals surface area (Å²) >= 11 is 0. The molecule has 0 aromatic carbocycles. The van der Waals surface area contributed by atoms with Crippen molar-refractivity contribution < 1.29 is 0 Å². The van der Waals surface area contributed by atoms with E-state index in [1.807, 2.05) is 0 Å². The van der Waals surface area contributed by atoms with Crippen LogP contribution in [0.15, 0.2) is 10.2 Å².